The topological polar surface area (TPSA) is 62.3 Å². The van der Waals surface area contributed by atoms with Gasteiger partial charge in [-0.25, -0.2) is 4.79 Å². The number of fused-ring (bicyclic) bond motifs is 1. The van der Waals surface area contributed by atoms with Crippen molar-refractivity contribution in [3.05, 3.63) is 40.9 Å². The van der Waals surface area contributed by atoms with E-state index in [0.717, 1.165) is 21.5 Å². The summed E-state index contributed by atoms with van der Waals surface area (Å²) in [5.74, 6) is 0.490. The minimum absolute atomic E-state index is 0.411. The van der Waals surface area contributed by atoms with Gasteiger partial charge in [0.25, 0.3) is 0 Å². The second kappa shape index (κ2) is 6.73. The normalized spacial score (nSPS) is 15.6. The molecule has 2 N–H and O–H groups in total. The number of hydrogen-bond donors (Lipinski definition) is 2. The zero-order chi connectivity index (χ0) is 17.4. The van der Waals surface area contributed by atoms with E-state index in [1.165, 1.54) is 49.0 Å². The highest BCUT2D eigenvalue weighted by Crippen LogP contribution is 2.46. The van der Waals surface area contributed by atoms with Crippen molar-refractivity contribution in [2.24, 2.45) is 0 Å². The molecule has 2 heterocycles. The quantitative estimate of drug-likeness (QED) is 0.503. The van der Waals surface area contributed by atoms with Crippen LogP contribution in [0.25, 0.3) is 21.5 Å². The highest BCUT2D eigenvalue weighted by Gasteiger charge is 2.25. The van der Waals surface area contributed by atoms with Gasteiger partial charge >= 0.3 is 6.16 Å². The van der Waals surface area contributed by atoms with Crippen molar-refractivity contribution < 1.29 is 14.6 Å². The van der Waals surface area contributed by atoms with Gasteiger partial charge in [-0.2, -0.15) is 0 Å². The number of aromatic nitrogens is 1. The third kappa shape index (κ3) is 3.26. The van der Waals surface area contributed by atoms with Crippen LogP contribution < -0.4 is 4.74 Å². The van der Waals surface area contributed by atoms with Gasteiger partial charge in [0.15, 0.2) is 5.06 Å². The van der Waals surface area contributed by atoms with Crippen LogP contribution in [0.4, 0.5) is 4.79 Å². The number of benzene rings is 1. The van der Waals surface area contributed by atoms with E-state index in [4.69, 9.17) is 21.4 Å². The van der Waals surface area contributed by atoms with Crippen LogP contribution >= 0.6 is 22.9 Å². The van der Waals surface area contributed by atoms with Gasteiger partial charge < -0.3 is 14.8 Å². The first kappa shape index (κ1) is 16.5. The molecule has 4 rings (SSSR count). The number of carboxylic acid groups (broad SMARTS) is 1. The van der Waals surface area contributed by atoms with Crippen LogP contribution in [0.3, 0.4) is 0 Å². The Morgan fingerprint density at radius 3 is 2.60 bits per heavy atom. The minimum atomic E-state index is -1.28. The molecule has 4 nitrogen and oxygen atoms in total. The number of aromatic amines is 1. The molecule has 1 aromatic carbocycles. The maximum absolute atomic E-state index is 10.8. The second-order valence-corrected chi connectivity index (χ2v) is 7.88. The molecule has 0 saturated heterocycles. The van der Waals surface area contributed by atoms with Gasteiger partial charge in [0, 0.05) is 11.1 Å². The number of ether oxygens (including phenoxy) is 1. The summed E-state index contributed by atoms with van der Waals surface area (Å²) in [4.78, 5) is 14.3. The Balaban J connectivity index is 1.84. The van der Waals surface area contributed by atoms with Crippen molar-refractivity contribution in [1.29, 1.82) is 0 Å². The Bertz CT molecular complexity index is 907. The lowest BCUT2D eigenvalue weighted by molar-refractivity contribution is 0.146. The first-order chi connectivity index (χ1) is 12.1. The second-order valence-electron chi connectivity index (χ2n) is 6.43. The van der Waals surface area contributed by atoms with E-state index in [2.05, 4.69) is 4.98 Å². The molecule has 25 heavy (non-hydrogen) atoms. The van der Waals surface area contributed by atoms with Crippen molar-refractivity contribution in [1.82, 2.24) is 4.98 Å². The summed E-state index contributed by atoms with van der Waals surface area (Å²) in [5, 5.41) is 9.99. The fourth-order valence-electron chi connectivity index (χ4n) is 3.74. The molecule has 3 aromatic rings. The molecule has 0 atom stereocenters. The van der Waals surface area contributed by atoms with Gasteiger partial charge in [0.1, 0.15) is 0 Å². The Kier molecular flexibility index (Phi) is 4.44. The van der Waals surface area contributed by atoms with Crippen LogP contribution in [-0.4, -0.2) is 16.2 Å². The third-order valence-corrected chi connectivity index (χ3v) is 6.12. The van der Waals surface area contributed by atoms with Gasteiger partial charge in [-0.1, -0.05) is 54.3 Å². The SMILES string of the molecule is O=C(O)Oc1cc2[nH]c(-c3ccc(Cl)cc3)c(C3CCCCC3)c2s1. The zero-order valence-corrected chi connectivity index (χ0v) is 15.1. The number of thiophene rings is 1. The maximum Gasteiger partial charge on any atom is 0.512 e. The summed E-state index contributed by atoms with van der Waals surface area (Å²) in [6, 6.07) is 9.63. The number of hydrogen-bond acceptors (Lipinski definition) is 3. The lowest BCUT2D eigenvalue weighted by atomic mass is 9.83. The van der Waals surface area contributed by atoms with Crippen LogP contribution in [-0.2, 0) is 0 Å². The molecule has 0 aliphatic heterocycles. The molecule has 0 amide bonds. The molecule has 1 saturated carbocycles. The molecule has 0 radical (unpaired) electrons. The van der Waals surface area contributed by atoms with Crippen molar-refractivity contribution in [2.75, 3.05) is 0 Å². The summed E-state index contributed by atoms with van der Waals surface area (Å²) < 4.78 is 5.96. The van der Waals surface area contributed by atoms with E-state index in [0.29, 0.717) is 16.0 Å². The number of halogens is 1. The Hall–Kier alpha value is -1.98. The van der Waals surface area contributed by atoms with Crippen LogP contribution in [0.1, 0.15) is 43.6 Å². The summed E-state index contributed by atoms with van der Waals surface area (Å²) in [7, 11) is 0. The largest absolute Gasteiger partial charge is 0.512 e. The molecule has 130 valence electrons. The first-order valence-corrected chi connectivity index (χ1v) is 9.63. The Morgan fingerprint density at radius 1 is 1.20 bits per heavy atom. The standard InChI is InChI=1S/C19H18ClNO3S/c20-13-8-6-12(7-9-13)17-16(11-4-2-1-3-5-11)18-14(21-17)10-15(25-18)24-19(22)23/h6-11,21H,1-5H2,(H,22,23). The van der Waals surface area contributed by atoms with E-state index in [-0.39, 0.29) is 0 Å². The predicted octanol–water partition coefficient (Wildman–Crippen LogP) is 6.65. The summed E-state index contributed by atoms with van der Waals surface area (Å²) >= 11 is 7.44. The lowest BCUT2D eigenvalue weighted by Crippen LogP contribution is -2.05. The van der Waals surface area contributed by atoms with Gasteiger partial charge in [0.2, 0.25) is 0 Å². The molecule has 1 aliphatic rings. The van der Waals surface area contributed by atoms with Crippen molar-refractivity contribution >= 4 is 39.3 Å². The molecule has 0 spiro atoms. The average molecular weight is 376 g/mol. The molecule has 1 fully saturated rings. The van der Waals surface area contributed by atoms with Crippen molar-refractivity contribution in [3.63, 3.8) is 0 Å². The average Bonchev–Trinajstić information content (AvgIpc) is 3.12. The van der Waals surface area contributed by atoms with E-state index < -0.39 is 6.16 Å². The smallest absolute Gasteiger partial charge is 0.449 e. The monoisotopic (exact) mass is 375 g/mol. The highest BCUT2D eigenvalue weighted by atomic mass is 35.5. The maximum atomic E-state index is 10.8. The highest BCUT2D eigenvalue weighted by molar-refractivity contribution is 7.21. The third-order valence-electron chi connectivity index (χ3n) is 4.82. The van der Waals surface area contributed by atoms with Crippen molar-refractivity contribution in [2.45, 2.75) is 38.0 Å². The van der Waals surface area contributed by atoms with Gasteiger partial charge in [-0.3, -0.25) is 0 Å². The van der Waals surface area contributed by atoms with Crippen LogP contribution in [0.5, 0.6) is 5.06 Å². The molecular weight excluding hydrogens is 358 g/mol. The van der Waals surface area contributed by atoms with E-state index in [1.54, 1.807) is 6.07 Å². The number of H-pyrrole nitrogens is 1. The van der Waals surface area contributed by atoms with Gasteiger partial charge in [-0.15, -0.1) is 0 Å². The fraction of sp³-hybridized carbons (Fsp3) is 0.316. The lowest BCUT2D eigenvalue weighted by Gasteiger charge is -2.22. The van der Waals surface area contributed by atoms with E-state index in [1.807, 2.05) is 24.3 Å². The molecule has 2 aromatic heterocycles. The van der Waals surface area contributed by atoms with Crippen LogP contribution in [0.15, 0.2) is 30.3 Å². The molecule has 0 bridgehead atoms. The molecular formula is C19H18ClNO3S. The van der Waals surface area contributed by atoms with Crippen molar-refractivity contribution in [3.8, 4) is 16.3 Å². The molecule has 6 heteroatoms. The summed E-state index contributed by atoms with van der Waals surface area (Å²) in [5.41, 5.74) is 4.45. The van der Waals surface area contributed by atoms with Gasteiger partial charge in [0.05, 0.1) is 15.9 Å². The van der Waals surface area contributed by atoms with Crippen LogP contribution in [0.2, 0.25) is 5.02 Å². The van der Waals surface area contributed by atoms with E-state index in [9.17, 15) is 4.79 Å². The number of rotatable bonds is 3. The predicted molar refractivity (Wildman–Crippen MR) is 101 cm³/mol. The first-order valence-electron chi connectivity index (χ1n) is 8.44. The Morgan fingerprint density at radius 2 is 1.92 bits per heavy atom. The zero-order valence-electron chi connectivity index (χ0n) is 13.5. The summed E-state index contributed by atoms with van der Waals surface area (Å²) in [6.07, 6.45) is 4.82. The van der Waals surface area contributed by atoms with E-state index >= 15 is 0 Å². The number of nitrogens with one attached hydrogen (secondary N) is 1. The van der Waals surface area contributed by atoms with Gasteiger partial charge in [-0.05, 0) is 42.0 Å². The fourth-order valence-corrected chi connectivity index (χ4v) is 4.95. The Labute approximate surface area is 154 Å². The minimum Gasteiger partial charge on any atom is -0.449 e. The molecule has 1 aliphatic carbocycles. The summed E-state index contributed by atoms with van der Waals surface area (Å²) in [6.45, 7) is 0. The molecule has 0 unspecified atom stereocenters. The van der Waals surface area contributed by atoms with Crippen LogP contribution in [0, 0.1) is 0 Å². The number of carbonyl (C=O) groups is 1.